The summed E-state index contributed by atoms with van der Waals surface area (Å²) in [5.41, 5.74) is 4.00. The normalized spacial score (nSPS) is 16.9. The van der Waals surface area contributed by atoms with Crippen molar-refractivity contribution >= 4 is 23.7 Å². The van der Waals surface area contributed by atoms with Crippen LogP contribution in [0.5, 0.6) is 0 Å². The summed E-state index contributed by atoms with van der Waals surface area (Å²) in [5, 5.41) is 18.5. The van der Waals surface area contributed by atoms with Gasteiger partial charge in [0.15, 0.2) is 0 Å². The number of para-hydroxylation sites is 1. The number of benzene rings is 1. The molecule has 2 heterocycles. The monoisotopic (exact) mass is 315 g/mol. The van der Waals surface area contributed by atoms with E-state index in [1.54, 1.807) is 30.3 Å². The second-order valence-electron chi connectivity index (χ2n) is 5.04. The molecular weight excluding hydrogens is 302 g/mol. The summed E-state index contributed by atoms with van der Waals surface area (Å²) in [6, 6.07) is 7.77. The van der Waals surface area contributed by atoms with Gasteiger partial charge >= 0.3 is 6.03 Å². The lowest BCUT2D eigenvalue weighted by Crippen LogP contribution is -2.65. The molecule has 23 heavy (non-hydrogen) atoms. The molecule has 1 aromatic carbocycles. The second-order valence-corrected chi connectivity index (χ2v) is 5.04. The van der Waals surface area contributed by atoms with Crippen molar-refractivity contribution in [3.63, 3.8) is 0 Å². The van der Waals surface area contributed by atoms with Gasteiger partial charge in [0, 0.05) is 0 Å². The number of nitrogens with zero attached hydrogens (tertiary/aromatic N) is 2. The first kappa shape index (κ1) is 14.7. The SMILES string of the molecule is Cc1nn(-c2ccccc2)c(N)c1C1(O)C(=O)NC(=O)NC1=O. The fraction of sp³-hybridized carbons (Fsp3) is 0.143. The van der Waals surface area contributed by atoms with E-state index in [0.717, 1.165) is 0 Å². The van der Waals surface area contributed by atoms with Crippen LogP contribution in [-0.2, 0) is 15.2 Å². The Labute approximate surface area is 130 Å². The molecule has 1 aliphatic rings. The summed E-state index contributed by atoms with van der Waals surface area (Å²) in [6.07, 6.45) is 0. The van der Waals surface area contributed by atoms with Crippen molar-refractivity contribution in [3.8, 4) is 5.69 Å². The van der Waals surface area contributed by atoms with Gasteiger partial charge in [-0.15, -0.1) is 0 Å². The molecular formula is C14H13N5O4. The number of aliphatic hydroxyl groups is 1. The number of aryl methyl sites for hydroxylation is 1. The topological polar surface area (TPSA) is 139 Å². The Balaban J connectivity index is 2.18. The minimum absolute atomic E-state index is 0.0733. The van der Waals surface area contributed by atoms with E-state index in [-0.39, 0.29) is 17.1 Å². The molecule has 0 unspecified atom stereocenters. The van der Waals surface area contributed by atoms with Gasteiger partial charge in [0.25, 0.3) is 17.4 Å². The number of nitrogen functional groups attached to an aromatic ring is 1. The number of nitrogens with one attached hydrogen (secondary N) is 2. The summed E-state index contributed by atoms with van der Waals surface area (Å²) in [6.45, 7) is 1.50. The van der Waals surface area contributed by atoms with Crippen LogP contribution in [0, 0.1) is 6.92 Å². The van der Waals surface area contributed by atoms with E-state index in [4.69, 9.17) is 5.73 Å². The number of aromatic nitrogens is 2. The lowest BCUT2D eigenvalue weighted by Gasteiger charge is -2.29. The largest absolute Gasteiger partial charge is 0.383 e. The van der Waals surface area contributed by atoms with Crippen molar-refractivity contribution in [3.05, 3.63) is 41.6 Å². The van der Waals surface area contributed by atoms with Crippen LogP contribution in [0.15, 0.2) is 30.3 Å². The standard InChI is InChI=1S/C14H13N5O4/c1-7-9(14(23)11(20)16-13(22)17-12(14)21)10(15)19(18-7)8-5-3-2-4-6-8/h2-6,23H,15H2,1H3,(H2,16,17,20,21,22). The predicted octanol–water partition coefficient (Wildman–Crippen LogP) is -0.683. The van der Waals surface area contributed by atoms with E-state index in [2.05, 4.69) is 5.10 Å². The molecule has 9 heteroatoms. The van der Waals surface area contributed by atoms with Gasteiger partial charge < -0.3 is 10.8 Å². The van der Waals surface area contributed by atoms with Gasteiger partial charge in [-0.3, -0.25) is 20.2 Å². The molecule has 5 N–H and O–H groups in total. The van der Waals surface area contributed by atoms with E-state index >= 15 is 0 Å². The average molecular weight is 315 g/mol. The second kappa shape index (κ2) is 4.92. The summed E-state index contributed by atoms with van der Waals surface area (Å²) >= 11 is 0. The number of barbiturate groups is 1. The highest BCUT2D eigenvalue weighted by Gasteiger charge is 2.53. The van der Waals surface area contributed by atoms with Crippen LogP contribution in [0.1, 0.15) is 11.3 Å². The Hall–Kier alpha value is -3.20. The molecule has 0 atom stereocenters. The molecule has 1 saturated heterocycles. The molecule has 1 aliphatic heterocycles. The lowest BCUT2D eigenvalue weighted by molar-refractivity contribution is -0.155. The zero-order valence-corrected chi connectivity index (χ0v) is 12.0. The highest BCUT2D eigenvalue weighted by molar-refractivity contribution is 6.22. The molecule has 2 aromatic rings. The summed E-state index contributed by atoms with van der Waals surface area (Å²) in [7, 11) is 0. The number of hydrogen-bond acceptors (Lipinski definition) is 6. The highest BCUT2D eigenvalue weighted by atomic mass is 16.3. The summed E-state index contributed by atoms with van der Waals surface area (Å²) < 4.78 is 1.31. The molecule has 0 radical (unpaired) electrons. The zero-order chi connectivity index (χ0) is 16.8. The number of imide groups is 2. The van der Waals surface area contributed by atoms with Crippen LogP contribution in [0.25, 0.3) is 5.69 Å². The Morgan fingerprint density at radius 3 is 2.26 bits per heavy atom. The Morgan fingerprint density at radius 1 is 1.13 bits per heavy atom. The minimum Gasteiger partial charge on any atom is -0.383 e. The van der Waals surface area contributed by atoms with Crippen LogP contribution in [0.2, 0.25) is 0 Å². The van der Waals surface area contributed by atoms with Crippen molar-refractivity contribution in [2.24, 2.45) is 0 Å². The average Bonchev–Trinajstić information content (AvgIpc) is 2.81. The maximum absolute atomic E-state index is 12.1. The van der Waals surface area contributed by atoms with E-state index in [9.17, 15) is 19.5 Å². The van der Waals surface area contributed by atoms with E-state index in [0.29, 0.717) is 5.69 Å². The van der Waals surface area contributed by atoms with Crippen LogP contribution < -0.4 is 16.4 Å². The molecule has 9 nitrogen and oxygen atoms in total. The molecule has 1 aromatic heterocycles. The third-order valence-corrected chi connectivity index (χ3v) is 3.57. The fourth-order valence-electron chi connectivity index (χ4n) is 2.51. The van der Waals surface area contributed by atoms with Gasteiger partial charge in [-0.1, -0.05) is 18.2 Å². The number of urea groups is 1. The molecule has 3 rings (SSSR count). The molecule has 4 amide bonds. The van der Waals surface area contributed by atoms with Gasteiger partial charge in [-0.25, -0.2) is 9.48 Å². The van der Waals surface area contributed by atoms with Gasteiger partial charge in [0.1, 0.15) is 5.82 Å². The molecule has 0 spiro atoms. The van der Waals surface area contributed by atoms with Crippen LogP contribution in [-0.4, -0.2) is 32.7 Å². The maximum atomic E-state index is 12.1. The summed E-state index contributed by atoms with van der Waals surface area (Å²) in [4.78, 5) is 35.3. The van der Waals surface area contributed by atoms with Crippen molar-refractivity contribution in [1.82, 2.24) is 20.4 Å². The van der Waals surface area contributed by atoms with Crippen molar-refractivity contribution in [1.29, 1.82) is 0 Å². The molecule has 118 valence electrons. The van der Waals surface area contributed by atoms with Gasteiger partial charge in [0.05, 0.1) is 16.9 Å². The third kappa shape index (κ3) is 2.06. The Bertz CT molecular complexity index is 807. The van der Waals surface area contributed by atoms with Gasteiger partial charge in [-0.2, -0.15) is 5.10 Å². The first-order valence-electron chi connectivity index (χ1n) is 6.66. The fourth-order valence-corrected chi connectivity index (χ4v) is 2.51. The first-order chi connectivity index (χ1) is 10.9. The molecule has 1 fully saturated rings. The van der Waals surface area contributed by atoms with E-state index < -0.39 is 23.4 Å². The van der Waals surface area contributed by atoms with Gasteiger partial charge in [0.2, 0.25) is 0 Å². The van der Waals surface area contributed by atoms with E-state index in [1.807, 2.05) is 10.6 Å². The summed E-state index contributed by atoms with van der Waals surface area (Å²) in [5.74, 6) is -2.42. The highest BCUT2D eigenvalue weighted by Crippen LogP contribution is 2.33. The zero-order valence-electron chi connectivity index (χ0n) is 12.0. The molecule has 0 aliphatic carbocycles. The smallest absolute Gasteiger partial charge is 0.328 e. The first-order valence-corrected chi connectivity index (χ1v) is 6.66. The number of amides is 4. The maximum Gasteiger partial charge on any atom is 0.328 e. The number of carbonyl (C=O) groups excluding carboxylic acids is 3. The van der Waals surface area contributed by atoms with Crippen LogP contribution >= 0.6 is 0 Å². The Kier molecular flexibility index (Phi) is 3.15. The predicted molar refractivity (Wildman–Crippen MR) is 78.3 cm³/mol. The quantitative estimate of drug-likeness (QED) is 0.541. The molecule has 0 bridgehead atoms. The number of carbonyl (C=O) groups is 3. The van der Waals surface area contributed by atoms with E-state index in [1.165, 1.54) is 11.6 Å². The minimum atomic E-state index is -2.63. The molecule has 0 saturated carbocycles. The third-order valence-electron chi connectivity index (χ3n) is 3.57. The Morgan fingerprint density at radius 2 is 1.70 bits per heavy atom. The number of anilines is 1. The van der Waals surface area contributed by atoms with Gasteiger partial charge in [-0.05, 0) is 19.1 Å². The van der Waals surface area contributed by atoms with Crippen LogP contribution in [0.3, 0.4) is 0 Å². The van der Waals surface area contributed by atoms with Crippen molar-refractivity contribution < 1.29 is 19.5 Å². The number of hydrogen-bond donors (Lipinski definition) is 4. The number of rotatable bonds is 2. The van der Waals surface area contributed by atoms with Crippen molar-refractivity contribution in [2.75, 3.05) is 5.73 Å². The number of nitrogens with two attached hydrogens (primary N) is 1. The van der Waals surface area contributed by atoms with Crippen molar-refractivity contribution in [2.45, 2.75) is 12.5 Å². The van der Waals surface area contributed by atoms with Crippen LogP contribution in [0.4, 0.5) is 10.6 Å². The lowest BCUT2D eigenvalue weighted by atomic mass is 9.90.